The Morgan fingerprint density at radius 1 is 1.26 bits per heavy atom. The summed E-state index contributed by atoms with van der Waals surface area (Å²) in [6, 6.07) is 0. The van der Waals surface area contributed by atoms with E-state index in [1.165, 1.54) is 44.9 Å². The molecular formula is C16H26N2O. The molecule has 106 valence electrons. The Labute approximate surface area is 116 Å². The van der Waals surface area contributed by atoms with Crippen LogP contribution in [0.25, 0.3) is 0 Å². The molecular weight excluding hydrogens is 236 g/mol. The molecule has 2 fully saturated rings. The molecule has 0 radical (unpaired) electrons. The molecule has 19 heavy (non-hydrogen) atoms. The largest absolute Gasteiger partial charge is 0.385 e. The monoisotopic (exact) mass is 262 g/mol. The number of nitrogens with zero attached hydrogens (tertiary/aromatic N) is 2. The molecule has 2 saturated carbocycles. The fourth-order valence-electron chi connectivity index (χ4n) is 4.26. The lowest BCUT2D eigenvalue weighted by molar-refractivity contribution is 0.0282. The highest BCUT2D eigenvalue weighted by Crippen LogP contribution is 2.45. The fraction of sp³-hybridized carbons (Fsp3) is 0.812. The van der Waals surface area contributed by atoms with E-state index in [1.54, 1.807) is 0 Å². The van der Waals surface area contributed by atoms with Gasteiger partial charge in [0.05, 0.1) is 0 Å². The molecule has 1 N–H and O–H groups in total. The van der Waals surface area contributed by atoms with Crippen molar-refractivity contribution in [3.05, 3.63) is 18.2 Å². The zero-order chi connectivity index (χ0) is 13.2. The van der Waals surface area contributed by atoms with Crippen LogP contribution in [0.3, 0.4) is 0 Å². The van der Waals surface area contributed by atoms with Crippen LogP contribution in [0.5, 0.6) is 0 Å². The molecule has 3 rings (SSSR count). The minimum Gasteiger partial charge on any atom is -0.385 e. The van der Waals surface area contributed by atoms with E-state index in [4.69, 9.17) is 0 Å². The predicted molar refractivity (Wildman–Crippen MR) is 75.6 cm³/mol. The molecule has 2 aliphatic rings. The lowest BCUT2D eigenvalue weighted by Crippen LogP contribution is -2.31. The number of fused-ring (bicyclic) bond motifs is 1. The Bertz CT molecular complexity index is 415. The number of aryl methyl sites for hydroxylation is 1. The van der Waals surface area contributed by atoms with Crippen molar-refractivity contribution in [2.75, 3.05) is 0 Å². The first kappa shape index (κ1) is 13.2. The molecule has 4 unspecified atom stereocenters. The van der Waals surface area contributed by atoms with E-state index in [1.807, 2.05) is 12.4 Å². The van der Waals surface area contributed by atoms with Gasteiger partial charge < -0.3 is 9.67 Å². The zero-order valence-electron chi connectivity index (χ0n) is 12.0. The molecule has 4 atom stereocenters. The van der Waals surface area contributed by atoms with Gasteiger partial charge in [0.1, 0.15) is 11.9 Å². The van der Waals surface area contributed by atoms with E-state index in [0.717, 1.165) is 24.2 Å². The lowest BCUT2D eigenvalue weighted by atomic mass is 9.66. The van der Waals surface area contributed by atoms with E-state index in [9.17, 15) is 5.11 Å². The van der Waals surface area contributed by atoms with Gasteiger partial charge in [-0.1, -0.05) is 25.7 Å². The van der Waals surface area contributed by atoms with Crippen molar-refractivity contribution in [1.29, 1.82) is 0 Å². The first-order chi connectivity index (χ1) is 9.29. The second-order valence-electron chi connectivity index (χ2n) is 6.39. The summed E-state index contributed by atoms with van der Waals surface area (Å²) >= 11 is 0. The number of hydrogen-bond donors (Lipinski definition) is 1. The molecule has 0 aliphatic heterocycles. The van der Waals surface area contributed by atoms with Gasteiger partial charge in [0.2, 0.25) is 0 Å². The number of rotatable bonds is 3. The molecule has 3 heteroatoms. The average Bonchev–Trinajstić information content (AvgIpc) is 2.94. The van der Waals surface area contributed by atoms with Crippen LogP contribution >= 0.6 is 0 Å². The van der Waals surface area contributed by atoms with Gasteiger partial charge in [-0.15, -0.1) is 0 Å². The van der Waals surface area contributed by atoms with Crippen LogP contribution in [0, 0.1) is 17.8 Å². The van der Waals surface area contributed by atoms with Crippen LogP contribution in [0.1, 0.15) is 63.8 Å². The van der Waals surface area contributed by atoms with Crippen molar-refractivity contribution in [2.24, 2.45) is 17.8 Å². The fourth-order valence-corrected chi connectivity index (χ4v) is 4.26. The number of aliphatic hydroxyl groups excluding tert-OH is 1. The van der Waals surface area contributed by atoms with E-state index in [0.29, 0.717) is 5.92 Å². The van der Waals surface area contributed by atoms with Crippen LogP contribution in [0.15, 0.2) is 12.4 Å². The SMILES string of the molecule is CCn1ccnc1C(O)C1CCC2CCCCC2C1. The molecule has 0 bridgehead atoms. The molecule has 3 nitrogen and oxygen atoms in total. The third-order valence-corrected chi connectivity index (χ3v) is 5.38. The predicted octanol–water partition coefficient (Wildman–Crippen LogP) is 3.54. The number of hydrogen-bond acceptors (Lipinski definition) is 2. The van der Waals surface area contributed by atoms with Crippen molar-refractivity contribution in [2.45, 2.75) is 64.5 Å². The summed E-state index contributed by atoms with van der Waals surface area (Å²) in [6.07, 6.45) is 12.8. The molecule has 0 spiro atoms. The summed E-state index contributed by atoms with van der Waals surface area (Å²) in [5.41, 5.74) is 0. The van der Waals surface area contributed by atoms with Crippen molar-refractivity contribution < 1.29 is 5.11 Å². The summed E-state index contributed by atoms with van der Waals surface area (Å²) in [5, 5.41) is 10.7. The third kappa shape index (κ3) is 2.58. The summed E-state index contributed by atoms with van der Waals surface area (Å²) in [6.45, 7) is 3.00. The Balaban J connectivity index is 1.69. The highest BCUT2D eigenvalue weighted by atomic mass is 16.3. The van der Waals surface area contributed by atoms with Crippen LogP contribution in [-0.4, -0.2) is 14.7 Å². The van der Waals surface area contributed by atoms with Crippen LogP contribution in [0.4, 0.5) is 0 Å². The van der Waals surface area contributed by atoms with E-state index in [-0.39, 0.29) is 6.10 Å². The Kier molecular flexibility index (Phi) is 3.92. The number of imidazole rings is 1. The molecule has 1 heterocycles. The lowest BCUT2D eigenvalue weighted by Gasteiger charge is -2.40. The highest BCUT2D eigenvalue weighted by Gasteiger charge is 2.36. The number of aromatic nitrogens is 2. The minimum absolute atomic E-state index is 0.363. The molecule has 0 amide bonds. The van der Waals surface area contributed by atoms with Gasteiger partial charge in [0.15, 0.2) is 0 Å². The van der Waals surface area contributed by atoms with Gasteiger partial charge in [-0.2, -0.15) is 0 Å². The summed E-state index contributed by atoms with van der Waals surface area (Å²) in [5.74, 6) is 3.11. The van der Waals surface area contributed by atoms with Crippen LogP contribution < -0.4 is 0 Å². The van der Waals surface area contributed by atoms with Gasteiger partial charge in [-0.05, 0) is 43.9 Å². The molecule has 0 saturated heterocycles. The highest BCUT2D eigenvalue weighted by molar-refractivity contribution is 5.00. The van der Waals surface area contributed by atoms with Crippen LogP contribution in [0.2, 0.25) is 0 Å². The molecule has 1 aromatic rings. The van der Waals surface area contributed by atoms with Gasteiger partial charge >= 0.3 is 0 Å². The second-order valence-corrected chi connectivity index (χ2v) is 6.39. The first-order valence-electron chi connectivity index (χ1n) is 7.98. The smallest absolute Gasteiger partial charge is 0.137 e. The van der Waals surface area contributed by atoms with Gasteiger partial charge in [0, 0.05) is 18.9 Å². The Morgan fingerprint density at radius 3 is 2.84 bits per heavy atom. The van der Waals surface area contributed by atoms with E-state index < -0.39 is 0 Å². The summed E-state index contributed by atoms with van der Waals surface area (Å²) in [4.78, 5) is 4.38. The van der Waals surface area contributed by atoms with Crippen molar-refractivity contribution in [1.82, 2.24) is 9.55 Å². The first-order valence-corrected chi connectivity index (χ1v) is 7.98. The van der Waals surface area contributed by atoms with Gasteiger partial charge in [-0.3, -0.25) is 0 Å². The minimum atomic E-state index is -0.363. The zero-order valence-corrected chi connectivity index (χ0v) is 12.0. The maximum atomic E-state index is 10.7. The third-order valence-electron chi connectivity index (χ3n) is 5.38. The topological polar surface area (TPSA) is 38.0 Å². The van der Waals surface area contributed by atoms with Crippen LogP contribution in [-0.2, 0) is 6.54 Å². The Hall–Kier alpha value is -0.830. The average molecular weight is 262 g/mol. The van der Waals surface area contributed by atoms with E-state index >= 15 is 0 Å². The Morgan fingerprint density at radius 2 is 2.05 bits per heavy atom. The summed E-state index contributed by atoms with van der Waals surface area (Å²) in [7, 11) is 0. The van der Waals surface area contributed by atoms with Gasteiger partial charge in [0.25, 0.3) is 0 Å². The van der Waals surface area contributed by atoms with Gasteiger partial charge in [-0.25, -0.2) is 4.98 Å². The maximum absolute atomic E-state index is 10.7. The summed E-state index contributed by atoms with van der Waals surface area (Å²) < 4.78 is 2.08. The normalized spacial score (nSPS) is 32.8. The van der Waals surface area contributed by atoms with E-state index in [2.05, 4.69) is 16.5 Å². The second kappa shape index (κ2) is 5.66. The standard InChI is InChI=1S/C16H26N2O/c1-2-18-10-9-17-16(18)15(19)14-8-7-12-5-3-4-6-13(12)11-14/h9-10,12-15,19H,2-8,11H2,1H3. The molecule has 0 aromatic carbocycles. The molecule has 1 aromatic heterocycles. The van der Waals surface area contributed by atoms with Crippen molar-refractivity contribution >= 4 is 0 Å². The maximum Gasteiger partial charge on any atom is 0.137 e. The van der Waals surface area contributed by atoms with Crippen molar-refractivity contribution in [3.63, 3.8) is 0 Å². The molecule has 2 aliphatic carbocycles. The number of aliphatic hydroxyl groups is 1. The quantitative estimate of drug-likeness (QED) is 0.904. The van der Waals surface area contributed by atoms with Crippen molar-refractivity contribution in [3.8, 4) is 0 Å².